The molecular weight excluding hydrogens is 318 g/mol. The third-order valence-corrected chi connectivity index (χ3v) is 3.80. The Morgan fingerprint density at radius 2 is 2.04 bits per heavy atom. The summed E-state index contributed by atoms with van der Waals surface area (Å²) in [5, 5.41) is 9.87. The topological polar surface area (TPSA) is 118 Å². The number of nitriles is 1. The molecular formula is C18H15N5O2. The molecule has 0 bridgehead atoms. The summed E-state index contributed by atoms with van der Waals surface area (Å²) < 4.78 is 4.64. The van der Waals surface area contributed by atoms with Gasteiger partial charge in [-0.05, 0) is 18.6 Å². The van der Waals surface area contributed by atoms with Gasteiger partial charge < -0.3 is 15.5 Å². The number of esters is 1. The van der Waals surface area contributed by atoms with E-state index in [-0.39, 0.29) is 5.57 Å². The molecule has 0 fully saturated rings. The van der Waals surface area contributed by atoms with Crippen LogP contribution in [0.4, 0.5) is 5.82 Å². The van der Waals surface area contributed by atoms with E-state index in [2.05, 4.69) is 19.7 Å². The van der Waals surface area contributed by atoms with Crippen molar-refractivity contribution in [2.45, 2.75) is 6.92 Å². The molecule has 0 spiro atoms. The van der Waals surface area contributed by atoms with Crippen LogP contribution in [0.15, 0.2) is 36.2 Å². The molecule has 3 N–H and O–H groups in total. The standard InChI is InChI=1S/C18H15N5O2/c1-10-3-5-11(6-4-10)14-13(7-12(8-19)18(24)25-2)23-17-15(14)16(20)21-9-22-17/h3-7,9H,1-2H3,(H3,20,21,22,23)/b12-7+. The number of nitrogens with zero attached hydrogens (tertiary/aromatic N) is 3. The highest BCUT2D eigenvalue weighted by Crippen LogP contribution is 2.35. The van der Waals surface area contributed by atoms with Crippen molar-refractivity contribution >= 4 is 28.9 Å². The molecule has 1 aromatic carbocycles. The zero-order chi connectivity index (χ0) is 18.0. The summed E-state index contributed by atoms with van der Waals surface area (Å²) in [6.45, 7) is 1.99. The fourth-order valence-electron chi connectivity index (χ4n) is 2.58. The molecule has 3 rings (SSSR count). The van der Waals surface area contributed by atoms with Crippen molar-refractivity contribution < 1.29 is 9.53 Å². The van der Waals surface area contributed by atoms with Crippen molar-refractivity contribution in [1.82, 2.24) is 15.0 Å². The first-order chi connectivity index (χ1) is 12.0. The maximum absolute atomic E-state index is 11.7. The number of methoxy groups -OCH3 is 1. The number of aryl methyl sites for hydroxylation is 1. The van der Waals surface area contributed by atoms with Gasteiger partial charge in [0, 0.05) is 5.56 Å². The minimum Gasteiger partial charge on any atom is -0.465 e. The molecule has 0 radical (unpaired) electrons. The number of aromatic amines is 1. The molecule has 0 saturated heterocycles. The lowest BCUT2D eigenvalue weighted by molar-refractivity contribution is -0.135. The van der Waals surface area contributed by atoms with Crippen molar-refractivity contribution in [3.63, 3.8) is 0 Å². The highest BCUT2D eigenvalue weighted by Gasteiger charge is 2.18. The predicted molar refractivity (Wildman–Crippen MR) is 94.1 cm³/mol. The Bertz CT molecular complexity index is 1030. The SMILES string of the molecule is COC(=O)/C(C#N)=C/c1[nH]c2ncnc(N)c2c1-c1ccc(C)cc1. The van der Waals surface area contributed by atoms with E-state index >= 15 is 0 Å². The van der Waals surface area contributed by atoms with Crippen molar-refractivity contribution in [3.05, 3.63) is 47.4 Å². The second kappa shape index (κ2) is 6.45. The lowest BCUT2D eigenvalue weighted by atomic mass is 10.0. The van der Waals surface area contributed by atoms with Crippen LogP contribution in [0.1, 0.15) is 11.3 Å². The number of benzene rings is 1. The molecule has 7 nitrogen and oxygen atoms in total. The molecule has 0 unspecified atom stereocenters. The van der Waals surface area contributed by atoms with Crippen molar-refractivity contribution in [3.8, 4) is 17.2 Å². The summed E-state index contributed by atoms with van der Waals surface area (Å²) in [7, 11) is 1.23. The molecule has 2 aromatic heterocycles. The zero-order valence-corrected chi connectivity index (χ0v) is 13.7. The van der Waals surface area contributed by atoms with Crippen molar-refractivity contribution in [2.24, 2.45) is 0 Å². The van der Waals surface area contributed by atoms with Crippen LogP contribution in [-0.2, 0) is 9.53 Å². The Kier molecular flexibility index (Phi) is 4.18. The van der Waals surface area contributed by atoms with E-state index < -0.39 is 5.97 Å². The molecule has 0 amide bonds. The van der Waals surface area contributed by atoms with Gasteiger partial charge in [-0.2, -0.15) is 5.26 Å². The number of rotatable bonds is 3. The number of H-pyrrole nitrogens is 1. The van der Waals surface area contributed by atoms with Gasteiger partial charge in [0.2, 0.25) is 0 Å². The summed E-state index contributed by atoms with van der Waals surface area (Å²) >= 11 is 0. The molecule has 2 heterocycles. The van der Waals surface area contributed by atoms with E-state index in [0.717, 1.165) is 16.7 Å². The summed E-state index contributed by atoms with van der Waals surface area (Å²) in [6.07, 6.45) is 2.79. The molecule has 0 aliphatic heterocycles. The maximum Gasteiger partial charge on any atom is 0.348 e. The first-order valence-electron chi connectivity index (χ1n) is 7.44. The Morgan fingerprint density at radius 3 is 2.68 bits per heavy atom. The van der Waals surface area contributed by atoms with E-state index in [1.165, 1.54) is 19.5 Å². The average Bonchev–Trinajstić information content (AvgIpc) is 2.99. The Balaban J connectivity index is 2.32. The summed E-state index contributed by atoms with van der Waals surface area (Å²) in [4.78, 5) is 23.1. The number of carbonyl (C=O) groups excluding carboxylic acids is 1. The van der Waals surface area contributed by atoms with Gasteiger partial charge in [0.1, 0.15) is 29.4 Å². The second-order valence-electron chi connectivity index (χ2n) is 5.42. The number of nitrogens with two attached hydrogens (primary N) is 1. The molecule has 124 valence electrons. The average molecular weight is 333 g/mol. The lowest BCUT2D eigenvalue weighted by Gasteiger charge is -2.05. The van der Waals surface area contributed by atoms with Gasteiger partial charge in [-0.25, -0.2) is 14.8 Å². The molecule has 0 atom stereocenters. The molecule has 0 aliphatic carbocycles. The van der Waals surface area contributed by atoms with E-state index in [1.807, 2.05) is 37.3 Å². The number of anilines is 1. The van der Waals surface area contributed by atoms with E-state index in [9.17, 15) is 10.1 Å². The maximum atomic E-state index is 11.7. The fraction of sp³-hybridized carbons (Fsp3) is 0.111. The summed E-state index contributed by atoms with van der Waals surface area (Å²) in [6, 6.07) is 9.65. The normalized spacial score (nSPS) is 11.3. The van der Waals surface area contributed by atoms with Crippen LogP contribution >= 0.6 is 0 Å². The number of aromatic nitrogens is 3. The first-order valence-corrected chi connectivity index (χ1v) is 7.44. The van der Waals surface area contributed by atoms with Gasteiger partial charge in [0.15, 0.2) is 0 Å². The highest BCUT2D eigenvalue weighted by atomic mass is 16.5. The van der Waals surface area contributed by atoms with Gasteiger partial charge in [0.05, 0.1) is 18.2 Å². The van der Waals surface area contributed by atoms with Crippen LogP contribution < -0.4 is 5.73 Å². The predicted octanol–water partition coefficient (Wildman–Crippen LogP) is 2.60. The fourth-order valence-corrected chi connectivity index (χ4v) is 2.58. The molecule has 0 aliphatic rings. The van der Waals surface area contributed by atoms with E-state index in [1.54, 1.807) is 0 Å². The Hall–Kier alpha value is -3.66. The summed E-state index contributed by atoms with van der Waals surface area (Å²) in [5.41, 5.74) is 9.67. The van der Waals surface area contributed by atoms with Crippen molar-refractivity contribution in [2.75, 3.05) is 12.8 Å². The Labute approximate surface area is 143 Å². The largest absolute Gasteiger partial charge is 0.465 e. The smallest absolute Gasteiger partial charge is 0.348 e. The Morgan fingerprint density at radius 1 is 1.32 bits per heavy atom. The van der Waals surface area contributed by atoms with Crippen LogP contribution in [0.3, 0.4) is 0 Å². The number of nitrogens with one attached hydrogen (secondary N) is 1. The number of nitrogen functional groups attached to an aromatic ring is 1. The van der Waals surface area contributed by atoms with Gasteiger partial charge in [-0.3, -0.25) is 0 Å². The highest BCUT2D eigenvalue weighted by molar-refractivity contribution is 6.06. The van der Waals surface area contributed by atoms with Crippen LogP contribution in [0.5, 0.6) is 0 Å². The number of hydrogen-bond acceptors (Lipinski definition) is 6. The summed E-state index contributed by atoms with van der Waals surface area (Å²) in [5.74, 6) is -0.400. The lowest BCUT2D eigenvalue weighted by Crippen LogP contribution is -2.02. The minimum atomic E-state index is -0.713. The van der Waals surface area contributed by atoms with Gasteiger partial charge >= 0.3 is 5.97 Å². The minimum absolute atomic E-state index is 0.131. The molecule has 7 heteroatoms. The van der Waals surface area contributed by atoms with Crippen LogP contribution in [-0.4, -0.2) is 28.0 Å². The van der Waals surface area contributed by atoms with Crippen LogP contribution in [0.25, 0.3) is 28.2 Å². The van der Waals surface area contributed by atoms with Gasteiger partial charge in [-0.15, -0.1) is 0 Å². The van der Waals surface area contributed by atoms with Crippen LogP contribution in [0.2, 0.25) is 0 Å². The third kappa shape index (κ3) is 2.93. The quantitative estimate of drug-likeness (QED) is 0.432. The number of carbonyl (C=O) groups is 1. The van der Waals surface area contributed by atoms with Crippen LogP contribution in [0, 0.1) is 18.3 Å². The number of hydrogen-bond donors (Lipinski definition) is 2. The molecule has 0 saturated carbocycles. The van der Waals surface area contributed by atoms with E-state index in [4.69, 9.17) is 5.73 Å². The zero-order valence-electron chi connectivity index (χ0n) is 13.7. The van der Waals surface area contributed by atoms with Crippen molar-refractivity contribution in [1.29, 1.82) is 5.26 Å². The number of fused-ring (bicyclic) bond motifs is 1. The van der Waals surface area contributed by atoms with Gasteiger partial charge in [-0.1, -0.05) is 29.8 Å². The third-order valence-electron chi connectivity index (χ3n) is 3.80. The molecule has 25 heavy (non-hydrogen) atoms. The monoisotopic (exact) mass is 333 g/mol. The number of ether oxygens (including phenoxy) is 1. The second-order valence-corrected chi connectivity index (χ2v) is 5.42. The first kappa shape index (κ1) is 16.2. The van der Waals surface area contributed by atoms with Gasteiger partial charge in [0.25, 0.3) is 0 Å². The molecule has 3 aromatic rings. The van der Waals surface area contributed by atoms with E-state index in [0.29, 0.717) is 22.5 Å².